The summed E-state index contributed by atoms with van der Waals surface area (Å²) < 4.78 is 0. The first kappa shape index (κ1) is 49.3. The second kappa shape index (κ2) is 31.5. The lowest BCUT2D eigenvalue weighted by molar-refractivity contribution is -0.134. The predicted octanol–water partition coefficient (Wildman–Crippen LogP) is 4.90. The van der Waals surface area contributed by atoms with Crippen molar-refractivity contribution in [2.45, 2.75) is 186 Å². The molecule has 5 amide bonds. The topological polar surface area (TPSA) is 232 Å². The van der Waals surface area contributed by atoms with Crippen LogP contribution >= 0.6 is 0 Å². The van der Waals surface area contributed by atoms with Gasteiger partial charge in [0.1, 0.15) is 29.9 Å². The molecule has 0 heterocycles. The van der Waals surface area contributed by atoms with Crippen LogP contribution in [-0.4, -0.2) is 71.9 Å². The molecule has 1 rings (SSSR count). The average molecular weight is 774 g/mol. The Bertz CT molecular complexity index is 1220. The molecule has 55 heavy (non-hydrogen) atoms. The minimum Gasteiger partial charge on any atom is -0.508 e. The fourth-order valence-electron chi connectivity index (χ4n) is 6.45. The highest BCUT2D eigenvalue weighted by atomic mass is 16.3. The van der Waals surface area contributed by atoms with Crippen molar-refractivity contribution in [1.29, 1.82) is 0 Å². The van der Waals surface area contributed by atoms with Gasteiger partial charge >= 0.3 is 0 Å². The number of primary amides is 1. The van der Waals surface area contributed by atoms with E-state index in [4.69, 9.17) is 17.2 Å². The fraction of sp³-hybridized carbons (Fsp3) is 0.738. The number of hydrogen-bond donors (Lipinski definition) is 8. The number of amides is 5. The summed E-state index contributed by atoms with van der Waals surface area (Å²) in [4.78, 5) is 65.4. The maximum absolute atomic E-state index is 13.8. The molecule has 1 aromatic rings. The van der Waals surface area contributed by atoms with E-state index in [2.05, 4.69) is 28.2 Å². The van der Waals surface area contributed by atoms with Crippen LogP contribution in [0.15, 0.2) is 24.3 Å². The van der Waals surface area contributed by atoms with Crippen molar-refractivity contribution in [3.05, 3.63) is 29.8 Å². The number of carbonyl (C=O) groups is 5. The van der Waals surface area contributed by atoms with Gasteiger partial charge in [-0.1, -0.05) is 109 Å². The van der Waals surface area contributed by atoms with Gasteiger partial charge < -0.3 is 43.6 Å². The van der Waals surface area contributed by atoms with Crippen LogP contribution in [0.5, 0.6) is 5.75 Å². The van der Waals surface area contributed by atoms with Crippen LogP contribution < -0.4 is 38.5 Å². The second-order valence-corrected chi connectivity index (χ2v) is 15.0. The van der Waals surface area contributed by atoms with E-state index >= 15 is 0 Å². The van der Waals surface area contributed by atoms with Gasteiger partial charge in [-0.25, -0.2) is 0 Å². The largest absolute Gasteiger partial charge is 0.508 e. The molecule has 13 nitrogen and oxygen atoms in total. The van der Waals surface area contributed by atoms with Crippen LogP contribution in [0, 0.1) is 0 Å². The summed E-state index contributed by atoms with van der Waals surface area (Å²) in [5.41, 5.74) is 17.4. The second-order valence-electron chi connectivity index (χ2n) is 15.0. The third-order valence-corrected chi connectivity index (χ3v) is 9.98. The highest BCUT2D eigenvalue weighted by molar-refractivity contribution is 5.95. The Hall–Kier alpha value is -3.71. The fourth-order valence-corrected chi connectivity index (χ4v) is 6.45. The molecule has 0 radical (unpaired) electrons. The summed E-state index contributed by atoms with van der Waals surface area (Å²) in [6, 6.07) is 2.18. The van der Waals surface area contributed by atoms with Gasteiger partial charge in [-0.2, -0.15) is 0 Å². The summed E-state index contributed by atoms with van der Waals surface area (Å²) in [5, 5.41) is 20.7. The summed E-state index contributed by atoms with van der Waals surface area (Å²) in [5.74, 6) is -2.62. The first-order chi connectivity index (χ1) is 26.5. The van der Waals surface area contributed by atoms with Crippen molar-refractivity contribution in [2.24, 2.45) is 17.2 Å². The number of aromatic hydroxyl groups is 1. The molecule has 4 atom stereocenters. The van der Waals surface area contributed by atoms with Gasteiger partial charge in [0.2, 0.25) is 29.5 Å². The van der Waals surface area contributed by atoms with Crippen molar-refractivity contribution >= 4 is 29.5 Å². The molecule has 1 aromatic carbocycles. The summed E-state index contributed by atoms with van der Waals surface area (Å²) in [7, 11) is 0. The molecule has 0 fully saturated rings. The summed E-state index contributed by atoms with van der Waals surface area (Å²) >= 11 is 0. The van der Waals surface area contributed by atoms with Crippen LogP contribution in [0.1, 0.15) is 161 Å². The number of carbonyl (C=O) groups excluding carboxylic acids is 5. The first-order valence-corrected chi connectivity index (χ1v) is 21.2. The van der Waals surface area contributed by atoms with E-state index < -0.39 is 47.8 Å². The number of nitrogens with two attached hydrogens (primary N) is 3. The number of phenolic OH excluding ortho intramolecular Hbond substituents is 1. The van der Waals surface area contributed by atoms with Crippen molar-refractivity contribution in [3.8, 4) is 5.75 Å². The molecule has 0 aromatic heterocycles. The SMILES string of the molecule is CCCCCCCCCCCCCCCCCC(=O)N[C@@H](CCCCN)C(=O)N[C@@H](CCCCN)C(=O)N[C@@H](Cc1ccc(O)cc1)C(=O)N[C@H](C)C(N)=O. The van der Waals surface area contributed by atoms with E-state index in [0.717, 1.165) is 25.7 Å². The Morgan fingerprint density at radius 3 is 1.44 bits per heavy atom. The maximum Gasteiger partial charge on any atom is 0.243 e. The van der Waals surface area contributed by atoms with Crippen LogP contribution in [0.4, 0.5) is 0 Å². The van der Waals surface area contributed by atoms with Gasteiger partial charge in [0.15, 0.2) is 0 Å². The van der Waals surface area contributed by atoms with Gasteiger partial charge in [0, 0.05) is 12.8 Å². The van der Waals surface area contributed by atoms with Crippen molar-refractivity contribution in [2.75, 3.05) is 13.1 Å². The van der Waals surface area contributed by atoms with Crippen molar-refractivity contribution < 1.29 is 29.1 Å². The van der Waals surface area contributed by atoms with Gasteiger partial charge in [-0.05, 0) is 82.7 Å². The van der Waals surface area contributed by atoms with Crippen LogP contribution in [0.3, 0.4) is 0 Å². The van der Waals surface area contributed by atoms with E-state index in [0.29, 0.717) is 57.2 Å². The summed E-state index contributed by atoms with van der Waals surface area (Å²) in [6.45, 7) is 4.54. The lowest BCUT2D eigenvalue weighted by atomic mass is 10.0. The van der Waals surface area contributed by atoms with Gasteiger partial charge in [0.25, 0.3) is 0 Å². The predicted molar refractivity (Wildman–Crippen MR) is 220 cm³/mol. The van der Waals surface area contributed by atoms with E-state index in [-0.39, 0.29) is 24.5 Å². The molecular weight excluding hydrogens is 699 g/mol. The number of rotatable bonds is 34. The molecule has 0 aliphatic heterocycles. The third-order valence-electron chi connectivity index (χ3n) is 9.98. The molecule has 11 N–H and O–H groups in total. The molecule has 0 bridgehead atoms. The molecule has 314 valence electrons. The zero-order chi connectivity index (χ0) is 40.7. The number of benzene rings is 1. The number of hydrogen-bond acceptors (Lipinski definition) is 8. The molecule has 0 spiro atoms. The van der Waals surface area contributed by atoms with Crippen LogP contribution in [0.25, 0.3) is 0 Å². The zero-order valence-corrected chi connectivity index (χ0v) is 34.0. The van der Waals surface area contributed by atoms with Crippen LogP contribution in [0.2, 0.25) is 0 Å². The molecule has 0 aliphatic rings. The van der Waals surface area contributed by atoms with Gasteiger partial charge in [-0.3, -0.25) is 24.0 Å². The quantitative estimate of drug-likeness (QED) is 0.0448. The average Bonchev–Trinajstić information content (AvgIpc) is 3.16. The zero-order valence-electron chi connectivity index (χ0n) is 34.0. The first-order valence-electron chi connectivity index (χ1n) is 21.2. The lowest BCUT2D eigenvalue weighted by Gasteiger charge is -2.26. The van der Waals surface area contributed by atoms with E-state index in [1.54, 1.807) is 12.1 Å². The Morgan fingerprint density at radius 2 is 0.982 bits per heavy atom. The van der Waals surface area contributed by atoms with Crippen molar-refractivity contribution in [1.82, 2.24) is 21.3 Å². The lowest BCUT2D eigenvalue weighted by Crippen LogP contribution is -2.58. The van der Waals surface area contributed by atoms with Crippen molar-refractivity contribution in [3.63, 3.8) is 0 Å². The smallest absolute Gasteiger partial charge is 0.243 e. The minimum absolute atomic E-state index is 0.0433. The number of unbranched alkanes of at least 4 members (excludes halogenated alkanes) is 16. The highest BCUT2D eigenvalue weighted by Crippen LogP contribution is 2.15. The monoisotopic (exact) mass is 774 g/mol. The molecular formula is C42H75N7O6. The highest BCUT2D eigenvalue weighted by Gasteiger charge is 2.30. The Morgan fingerprint density at radius 1 is 0.564 bits per heavy atom. The molecule has 13 heteroatoms. The molecule has 0 unspecified atom stereocenters. The maximum atomic E-state index is 13.8. The Labute approximate surface area is 330 Å². The Kier molecular flexibility index (Phi) is 28.2. The number of phenols is 1. The normalized spacial score (nSPS) is 13.3. The Balaban J connectivity index is 2.76. The minimum atomic E-state index is -1.12. The van der Waals surface area contributed by atoms with Crippen LogP contribution in [-0.2, 0) is 30.4 Å². The number of nitrogens with one attached hydrogen (secondary N) is 4. The molecule has 0 saturated carbocycles. The molecule has 0 aliphatic carbocycles. The van der Waals surface area contributed by atoms with E-state index in [9.17, 15) is 29.1 Å². The standard InChI is InChI=1S/C42H75N7O6/c1-3-4-5-6-7-8-9-10-11-12-13-14-15-16-17-24-38(51)47-35(22-18-20-29-43)40(53)48-36(23-19-21-30-44)41(54)49-37(42(55)46-32(2)39(45)52)31-33-25-27-34(50)28-26-33/h25-28,32,35-37,50H,3-24,29-31,43-44H2,1-2H3,(H2,45,52)(H,46,55)(H,47,51)(H,48,53)(H,49,54)/t32-,35+,36+,37+/m1/s1. The summed E-state index contributed by atoms with van der Waals surface area (Å²) in [6.07, 6.45) is 21.9. The van der Waals surface area contributed by atoms with E-state index in [1.807, 2.05) is 0 Å². The third kappa shape index (κ3) is 24.4. The van der Waals surface area contributed by atoms with Gasteiger partial charge in [0.05, 0.1) is 0 Å². The van der Waals surface area contributed by atoms with E-state index in [1.165, 1.54) is 89.7 Å². The molecule has 0 saturated heterocycles. The van der Waals surface area contributed by atoms with Gasteiger partial charge in [-0.15, -0.1) is 0 Å².